The SMILES string of the molecule is COc1cc(C)ccc1OCCC(=O)N(C)C1CCN(c2cc(C)nc(C)n2)CC1. The fraction of sp³-hybridized carbons (Fsp3) is 0.522. The van der Waals surface area contributed by atoms with Crippen LogP contribution in [0.4, 0.5) is 5.82 Å². The zero-order valence-electron chi connectivity index (χ0n) is 18.6. The maximum absolute atomic E-state index is 12.7. The molecular formula is C23H32N4O3. The summed E-state index contributed by atoms with van der Waals surface area (Å²) in [6.07, 6.45) is 2.20. The van der Waals surface area contributed by atoms with Crippen molar-refractivity contribution in [1.82, 2.24) is 14.9 Å². The van der Waals surface area contributed by atoms with Crippen LogP contribution in [0.2, 0.25) is 0 Å². The van der Waals surface area contributed by atoms with Crippen LogP contribution in [0.25, 0.3) is 0 Å². The lowest BCUT2D eigenvalue weighted by Gasteiger charge is -2.37. The first-order valence-electron chi connectivity index (χ1n) is 10.5. The van der Waals surface area contributed by atoms with Crippen LogP contribution in [0.5, 0.6) is 11.5 Å². The van der Waals surface area contributed by atoms with E-state index >= 15 is 0 Å². The molecule has 30 heavy (non-hydrogen) atoms. The van der Waals surface area contributed by atoms with E-state index in [0.29, 0.717) is 24.5 Å². The highest BCUT2D eigenvalue weighted by Gasteiger charge is 2.26. The summed E-state index contributed by atoms with van der Waals surface area (Å²) in [5.41, 5.74) is 2.09. The summed E-state index contributed by atoms with van der Waals surface area (Å²) in [5, 5.41) is 0. The summed E-state index contributed by atoms with van der Waals surface area (Å²) in [7, 11) is 3.52. The Hall–Kier alpha value is -2.83. The molecule has 162 valence electrons. The second-order valence-electron chi connectivity index (χ2n) is 7.89. The topological polar surface area (TPSA) is 67.8 Å². The Kier molecular flexibility index (Phi) is 7.13. The van der Waals surface area contributed by atoms with Gasteiger partial charge in [-0.15, -0.1) is 0 Å². The van der Waals surface area contributed by atoms with E-state index in [1.165, 1.54) is 0 Å². The Morgan fingerprint density at radius 3 is 2.53 bits per heavy atom. The van der Waals surface area contributed by atoms with Crippen molar-refractivity contribution in [3.05, 3.63) is 41.3 Å². The number of aromatic nitrogens is 2. The maximum atomic E-state index is 12.7. The molecule has 0 unspecified atom stereocenters. The number of ether oxygens (including phenoxy) is 2. The molecule has 0 radical (unpaired) electrons. The number of piperidine rings is 1. The number of carbonyl (C=O) groups excluding carboxylic acids is 1. The predicted molar refractivity (Wildman–Crippen MR) is 117 cm³/mol. The van der Waals surface area contributed by atoms with Crippen LogP contribution >= 0.6 is 0 Å². The number of hydrogen-bond donors (Lipinski definition) is 0. The second kappa shape index (κ2) is 9.78. The average molecular weight is 413 g/mol. The maximum Gasteiger partial charge on any atom is 0.225 e. The number of nitrogens with zero attached hydrogens (tertiary/aromatic N) is 4. The van der Waals surface area contributed by atoms with Gasteiger partial charge in [-0.1, -0.05) is 6.07 Å². The van der Waals surface area contributed by atoms with Gasteiger partial charge in [0.1, 0.15) is 11.6 Å². The Labute approximate surface area is 179 Å². The first-order valence-corrected chi connectivity index (χ1v) is 10.5. The molecule has 1 aromatic carbocycles. The van der Waals surface area contributed by atoms with Crippen molar-refractivity contribution in [3.63, 3.8) is 0 Å². The van der Waals surface area contributed by atoms with Gasteiger partial charge in [0.15, 0.2) is 11.5 Å². The van der Waals surface area contributed by atoms with Crippen LogP contribution in [-0.4, -0.2) is 60.7 Å². The van der Waals surface area contributed by atoms with Crippen LogP contribution < -0.4 is 14.4 Å². The molecule has 1 saturated heterocycles. The fourth-order valence-corrected chi connectivity index (χ4v) is 3.86. The number of hydrogen-bond acceptors (Lipinski definition) is 6. The molecule has 0 bridgehead atoms. The molecule has 2 heterocycles. The van der Waals surface area contributed by atoms with E-state index in [1.807, 2.05) is 57.0 Å². The molecule has 1 aliphatic rings. The molecule has 0 N–H and O–H groups in total. The largest absolute Gasteiger partial charge is 0.493 e. The Morgan fingerprint density at radius 1 is 1.13 bits per heavy atom. The minimum absolute atomic E-state index is 0.105. The van der Waals surface area contributed by atoms with Crippen molar-refractivity contribution in [2.45, 2.75) is 46.1 Å². The van der Waals surface area contributed by atoms with Crippen molar-refractivity contribution in [1.29, 1.82) is 0 Å². The summed E-state index contributed by atoms with van der Waals surface area (Å²) in [5.74, 6) is 3.24. The first kappa shape index (κ1) is 21.9. The molecule has 2 aromatic rings. The summed E-state index contributed by atoms with van der Waals surface area (Å²) < 4.78 is 11.1. The summed E-state index contributed by atoms with van der Waals surface area (Å²) in [6.45, 7) is 8.02. The summed E-state index contributed by atoms with van der Waals surface area (Å²) >= 11 is 0. The minimum Gasteiger partial charge on any atom is -0.493 e. The van der Waals surface area contributed by atoms with Gasteiger partial charge in [-0.3, -0.25) is 4.79 Å². The number of anilines is 1. The van der Waals surface area contributed by atoms with Crippen molar-refractivity contribution in [2.24, 2.45) is 0 Å². The molecule has 0 saturated carbocycles. The monoisotopic (exact) mass is 412 g/mol. The quantitative estimate of drug-likeness (QED) is 0.695. The van der Waals surface area contributed by atoms with Gasteiger partial charge in [0.25, 0.3) is 0 Å². The standard InChI is InChI=1S/C23H32N4O3/c1-16-6-7-20(21(14-16)29-5)30-13-10-23(28)26(4)19-8-11-27(12-9-19)22-15-17(2)24-18(3)25-22/h6-7,14-15,19H,8-13H2,1-5H3. The van der Waals surface area contributed by atoms with Gasteiger partial charge in [-0.05, 0) is 51.3 Å². The van der Waals surface area contributed by atoms with Gasteiger partial charge in [-0.25, -0.2) is 9.97 Å². The number of methoxy groups -OCH3 is 1. The lowest BCUT2D eigenvalue weighted by atomic mass is 10.0. The average Bonchev–Trinajstić information content (AvgIpc) is 2.73. The lowest BCUT2D eigenvalue weighted by Crippen LogP contribution is -2.46. The van der Waals surface area contributed by atoms with Gasteiger partial charge in [-0.2, -0.15) is 0 Å². The van der Waals surface area contributed by atoms with Gasteiger partial charge in [0, 0.05) is 37.9 Å². The molecule has 0 atom stereocenters. The van der Waals surface area contributed by atoms with Crippen LogP contribution in [-0.2, 0) is 4.79 Å². The number of rotatable bonds is 7. The smallest absolute Gasteiger partial charge is 0.225 e. The van der Waals surface area contributed by atoms with E-state index < -0.39 is 0 Å². The molecule has 1 aromatic heterocycles. The Bertz CT molecular complexity index is 858. The van der Waals surface area contributed by atoms with Gasteiger partial charge in [0.2, 0.25) is 5.91 Å². The molecule has 7 nitrogen and oxygen atoms in total. The number of amides is 1. The summed E-state index contributed by atoms with van der Waals surface area (Å²) in [6, 6.07) is 8.05. The summed E-state index contributed by atoms with van der Waals surface area (Å²) in [4.78, 5) is 25.7. The zero-order chi connectivity index (χ0) is 21.7. The number of benzene rings is 1. The highest BCUT2D eigenvalue weighted by molar-refractivity contribution is 5.76. The van der Waals surface area contributed by atoms with Crippen LogP contribution in [0.1, 0.15) is 36.3 Å². The van der Waals surface area contributed by atoms with E-state index in [9.17, 15) is 4.79 Å². The normalized spacial score (nSPS) is 14.5. The molecule has 7 heteroatoms. The van der Waals surface area contributed by atoms with Crippen molar-refractivity contribution < 1.29 is 14.3 Å². The van der Waals surface area contributed by atoms with Gasteiger partial charge < -0.3 is 19.3 Å². The molecular weight excluding hydrogens is 380 g/mol. The second-order valence-corrected chi connectivity index (χ2v) is 7.89. The number of carbonyl (C=O) groups is 1. The molecule has 1 amide bonds. The lowest BCUT2D eigenvalue weighted by molar-refractivity contribution is -0.132. The van der Waals surface area contributed by atoms with Crippen LogP contribution in [0.3, 0.4) is 0 Å². The van der Waals surface area contributed by atoms with Crippen molar-refractivity contribution in [2.75, 3.05) is 38.8 Å². The van der Waals surface area contributed by atoms with E-state index in [2.05, 4.69) is 14.9 Å². The number of aryl methyl sites for hydroxylation is 3. The Balaban J connectivity index is 1.47. The first-order chi connectivity index (χ1) is 14.4. The van der Waals surface area contributed by atoms with E-state index in [4.69, 9.17) is 9.47 Å². The minimum atomic E-state index is 0.105. The third-order valence-corrected chi connectivity index (χ3v) is 5.57. The third kappa shape index (κ3) is 5.40. The van der Waals surface area contributed by atoms with Gasteiger partial charge in [0.05, 0.1) is 20.1 Å². The molecule has 3 rings (SSSR count). The Morgan fingerprint density at radius 2 is 1.87 bits per heavy atom. The molecule has 1 fully saturated rings. The predicted octanol–water partition coefficient (Wildman–Crippen LogP) is 3.31. The van der Waals surface area contributed by atoms with E-state index in [1.54, 1.807) is 7.11 Å². The molecule has 0 spiro atoms. The van der Waals surface area contributed by atoms with E-state index in [0.717, 1.165) is 48.8 Å². The van der Waals surface area contributed by atoms with E-state index in [-0.39, 0.29) is 11.9 Å². The fourth-order valence-electron chi connectivity index (χ4n) is 3.86. The zero-order valence-corrected chi connectivity index (χ0v) is 18.6. The highest BCUT2D eigenvalue weighted by Crippen LogP contribution is 2.28. The van der Waals surface area contributed by atoms with Crippen LogP contribution in [0, 0.1) is 20.8 Å². The van der Waals surface area contributed by atoms with Crippen molar-refractivity contribution >= 4 is 11.7 Å². The third-order valence-electron chi connectivity index (χ3n) is 5.57. The molecule has 0 aliphatic carbocycles. The van der Waals surface area contributed by atoms with Gasteiger partial charge >= 0.3 is 0 Å². The van der Waals surface area contributed by atoms with Crippen molar-refractivity contribution in [3.8, 4) is 11.5 Å². The van der Waals surface area contributed by atoms with Crippen LogP contribution in [0.15, 0.2) is 24.3 Å². The molecule has 1 aliphatic heterocycles. The highest BCUT2D eigenvalue weighted by atomic mass is 16.5.